The molecule has 3 rings (SSSR count). The van der Waals surface area contributed by atoms with Crippen LogP contribution in [-0.2, 0) is 0 Å². The Hall–Kier alpha value is -2.47. The molecule has 1 saturated heterocycles. The number of carbonyl (C=O) groups excluding carboxylic acids is 1. The highest BCUT2D eigenvalue weighted by Gasteiger charge is 2.36. The SMILES string of the molecule is Cc1ccc(OC[C@]2(O)CCCN(C(=O)c3cncnc3)C2)cc1. The van der Waals surface area contributed by atoms with Gasteiger partial charge in [-0.1, -0.05) is 17.7 Å². The zero-order valence-corrected chi connectivity index (χ0v) is 13.7. The molecule has 6 heteroatoms. The van der Waals surface area contributed by atoms with Gasteiger partial charge in [0.2, 0.25) is 0 Å². The van der Waals surface area contributed by atoms with E-state index in [9.17, 15) is 9.90 Å². The molecular weight excluding hydrogens is 306 g/mol. The fourth-order valence-corrected chi connectivity index (χ4v) is 2.85. The van der Waals surface area contributed by atoms with Gasteiger partial charge in [-0.25, -0.2) is 9.97 Å². The first-order valence-corrected chi connectivity index (χ1v) is 8.02. The Morgan fingerprint density at radius 1 is 1.29 bits per heavy atom. The first kappa shape index (κ1) is 16.4. The number of piperidine rings is 1. The van der Waals surface area contributed by atoms with Crippen LogP contribution in [0.15, 0.2) is 43.0 Å². The Morgan fingerprint density at radius 3 is 2.71 bits per heavy atom. The van der Waals surface area contributed by atoms with Crippen molar-refractivity contribution in [3.63, 3.8) is 0 Å². The molecule has 1 aromatic carbocycles. The molecule has 1 amide bonds. The summed E-state index contributed by atoms with van der Waals surface area (Å²) in [5.41, 5.74) is 0.538. The van der Waals surface area contributed by atoms with Gasteiger partial charge in [0.25, 0.3) is 5.91 Å². The van der Waals surface area contributed by atoms with E-state index in [1.165, 1.54) is 18.7 Å². The lowest BCUT2D eigenvalue weighted by atomic mass is 9.93. The predicted molar refractivity (Wildman–Crippen MR) is 88.8 cm³/mol. The average Bonchev–Trinajstić information content (AvgIpc) is 2.61. The molecule has 126 valence electrons. The number of likely N-dealkylation sites (tertiary alicyclic amines) is 1. The van der Waals surface area contributed by atoms with Crippen LogP contribution in [0.5, 0.6) is 5.75 Å². The van der Waals surface area contributed by atoms with Gasteiger partial charge in [0.05, 0.1) is 12.1 Å². The highest BCUT2D eigenvalue weighted by atomic mass is 16.5. The normalized spacial score (nSPS) is 20.7. The first-order valence-electron chi connectivity index (χ1n) is 8.02. The van der Waals surface area contributed by atoms with Crippen molar-refractivity contribution in [2.75, 3.05) is 19.7 Å². The maximum absolute atomic E-state index is 12.5. The zero-order chi connectivity index (χ0) is 17.0. The summed E-state index contributed by atoms with van der Waals surface area (Å²) < 4.78 is 5.72. The number of aromatic nitrogens is 2. The second-order valence-electron chi connectivity index (χ2n) is 6.28. The molecule has 1 aromatic heterocycles. The molecule has 0 spiro atoms. The topological polar surface area (TPSA) is 75.6 Å². The van der Waals surface area contributed by atoms with E-state index in [1.54, 1.807) is 4.90 Å². The van der Waals surface area contributed by atoms with Crippen molar-refractivity contribution in [1.29, 1.82) is 0 Å². The van der Waals surface area contributed by atoms with Crippen molar-refractivity contribution in [1.82, 2.24) is 14.9 Å². The molecule has 2 heterocycles. The monoisotopic (exact) mass is 327 g/mol. The van der Waals surface area contributed by atoms with Crippen LogP contribution in [-0.4, -0.2) is 51.2 Å². The van der Waals surface area contributed by atoms with E-state index in [0.717, 1.165) is 12.0 Å². The molecule has 1 N–H and O–H groups in total. The number of aliphatic hydroxyl groups is 1. The second kappa shape index (κ2) is 6.97. The summed E-state index contributed by atoms with van der Waals surface area (Å²) >= 11 is 0. The number of nitrogens with zero attached hydrogens (tertiary/aromatic N) is 3. The van der Waals surface area contributed by atoms with E-state index < -0.39 is 5.60 Å². The molecule has 2 aromatic rings. The minimum absolute atomic E-state index is 0.158. The number of hydrogen-bond donors (Lipinski definition) is 1. The van der Waals surface area contributed by atoms with Crippen LogP contribution >= 0.6 is 0 Å². The summed E-state index contributed by atoms with van der Waals surface area (Å²) in [5.74, 6) is 0.554. The molecular formula is C18H21N3O3. The van der Waals surface area contributed by atoms with Gasteiger partial charge < -0.3 is 14.7 Å². The van der Waals surface area contributed by atoms with Gasteiger partial charge in [-0.05, 0) is 31.9 Å². The summed E-state index contributed by atoms with van der Waals surface area (Å²) in [7, 11) is 0. The standard InChI is InChI=1S/C18H21N3O3/c1-14-3-5-16(6-4-14)24-12-18(23)7-2-8-21(11-18)17(22)15-9-19-13-20-10-15/h3-6,9-10,13,23H,2,7-8,11-12H2,1H3/t18-/m0/s1. The lowest BCUT2D eigenvalue weighted by molar-refractivity contribution is -0.0532. The van der Waals surface area contributed by atoms with Crippen molar-refractivity contribution in [3.05, 3.63) is 54.1 Å². The zero-order valence-electron chi connectivity index (χ0n) is 13.7. The van der Waals surface area contributed by atoms with Crippen LogP contribution in [0, 0.1) is 6.92 Å². The third-order valence-corrected chi connectivity index (χ3v) is 4.18. The third-order valence-electron chi connectivity index (χ3n) is 4.18. The molecule has 24 heavy (non-hydrogen) atoms. The Labute approximate surface area is 141 Å². The minimum Gasteiger partial charge on any atom is -0.491 e. The smallest absolute Gasteiger partial charge is 0.257 e. The maximum atomic E-state index is 12.5. The molecule has 1 aliphatic rings. The van der Waals surface area contributed by atoms with Gasteiger partial charge in [-0.2, -0.15) is 0 Å². The Morgan fingerprint density at radius 2 is 2.00 bits per heavy atom. The van der Waals surface area contributed by atoms with Crippen molar-refractivity contribution < 1.29 is 14.6 Å². The summed E-state index contributed by atoms with van der Waals surface area (Å²) in [6.07, 6.45) is 5.71. The van der Waals surface area contributed by atoms with E-state index in [4.69, 9.17) is 4.74 Å². The van der Waals surface area contributed by atoms with Crippen LogP contribution in [0.25, 0.3) is 0 Å². The van der Waals surface area contributed by atoms with E-state index in [2.05, 4.69) is 9.97 Å². The fraction of sp³-hybridized carbons (Fsp3) is 0.389. The van der Waals surface area contributed by atoms with Crippen molar-refractivity contribution in [2.24, 2.45) is 0 Å². The first-order chi connectivity index (χ1) is 11.6. The van der Waals surface area contributed by atoms with Gasteiger partial charge in [-0.3, -0.25) is 4.79 Å². The molecule has 0 unspecified atom stereocenters. The molecule has 1 aliphatic heterocycles. The number of β-amino-alcohol motifs (C(OH)–C–C–N with tert-alkyl or cyclic N) is 1. The van der Waals surface area contributed by atoms with E-state index in [-0.39, 0.29) is 19.1 Å². The van der Waals surface area contributed by atoms with Crippen LogP contribution in [0.2, 0.25) is 0 Å². The lowest BCUT2D eigenvalue weighted by Crippen LogP contribution is -2.53. The molecule has 0 radical (unpaired) electrons. The van der Waals surface area contributed by atoms with E-state index in [0.29, 0.717) is 24.3 Å². The van der Waals surface area contributed by atoms with Crippen LogP contribution in [0.4, 0.5) is 0 Å². The number of benzene rings is 1. The van der Waals surface area contributed by atoms with Gasteiger partial charge in [-0.15, -0.1) is 0 Å². The molecule has 1 atom stereocenters. The Bertz CT molecular complexity index is 690. The highest BCUT2D eigenvalue weighted by Crippen LogP contribution is 2.24. The number of ether oxygens (including phenoxy) is 1. The Kier molecular flexibility index (Phi) is 4.76. The number of carbonyl (C=O) groups is 1. The molecule has 0 aliphatic carbocycles. The van der Waals surface area contributed by atoms with Crippen LogP contribution in [0.3, 0.4) is 0 Å². The quantitative estimate of drug-likeness (QED) is 0.927. The van der Waals surface area contributed by atoms with Crippen molar-refractivity contribution in [2.45, 2.75) is 25.4 Å². The summed E-state index contributed by atoms with van der Waals surface area (Å²) in [4.78, 5) is 21.9. The van der Waals surface area contributed by atoms with Gasteiger partial charge in [0.1, 0.15) is 24.3 Å². The van der Waals surface area contributed by atoms with Crippen molar-refractivity contribution in [3.8, 4) is 5.75 Å². The minimum atomic E-state index is -1.05. The molecule has 1 fully saturated rings. The number of hydrogen-bond acceptors (Lipinski definition) is 5. The molecule has 6 nitrogen and oxygen atoms in total. The van der Waals surface area contributed by atoms with Crippen molar-refractivity contribution >= 4 is 5.91 Å². The highest BCUT2D eigenvalue weighted by molar-refractivity contribution is 5.93. The second-order valence-corrected chi connectivity index (χ2v) is 6.28. The Balaban J connectivity index is 1.63. The largest absolute Gasteiger partial charge is 0.491 e. The third kappa shape index (κ3) is 3.89. The lowest BCUT2D eigenvalue weighted by Gasteiger charge is -2.38. The number of rotatable bonds is 4. The van der Waals surface area contributed by atoms with E-state index in [1.807, 2.05) is 31.2 Å². The average molecular weight is 327 g/mol. The summed E-state index contributed by atoms with van der Waals surface area (Å²) in [6, 6.07) is 7.69. The van der Waals surface area contributed by atoms with Gasteiger partial charge in [0, 0.05) is 18.9 Å². The van der Waals surface area contributed by atoms with E-state index >= 15 is 0 Å². The molecule has 0 bridgehead atoms. The maximum Gasteiger partial charge on any atom is 0.257 e. The van der Waals surface area contributed by atoms with Crippen LogP contribution < -0.4 is 4.74 Å². The summed E-state index contributed by atoms with van der Waals surface area (Å²) in [6.45, 7) is 3.02. The molecule has 0 saturated carbocycles. The van der Waals surface area contributed by atoms with Gasteiger partial charge in [0.15, 0.2) is 0 Å². The van der Waals surface area contributed by atoms with Gasteiger partial charge >= 0.3 is 0 Å². The summed E-state index contributed by atoms with van der Waals surface area (Å²) in [5, 5.41) is 10.8. The predicted octanol–water partition coefficient (Wildman–Crippen LogP) is 1.83. The number of aryl methyl sites for hydroxylation is 1. The number of amides is 1. The van der Waals surface area contributed by atoms with Crippen LogP contribution in [0.1, 0.15) is 28.8 Å². The fourth-order valence-electron chi connectivity index (χ4n) is 2.85.